The van der Waals surface area contributed by atoms with Gasteiger partial charge in [-0.1, -0.05) is 42.5 Å². The summed E-state index contributed by atoms with van der Waals surface area (Å²) in [6.07, 6.45) is 4.36. The van der Waals surface area contributed by atoms with E-state index in [1.54, 1.807) is 42.7 Å². The minimum atomic E-state index is -0.800. The van der Waals surface area contributed by atoms with Crippen LogP contribution in [0.3, 0.4) is 0 Å². The summed E-state index contributed by atoms with van der Waals surface area (Å²) < 4.78 is 0. The molecule has 8 nitrogen and oxygen atoms in total. The van der Waals surface area contributed by atoms with Gasteiger partial charge < -0.3 is 26.0 Å². The van der Waals surface area contributed by atoms with Gasteiger partial charge in [0.2, 0.25) is 5.91 Å². The molecular weight excluding hydrogens is 466 g/mol. The highest BCUT2D eigenvalue weighted by molar-refractivity contribution is 6.00. The van der Waals surface area contributed by atoms with E-state index in [0.717, 1.165) is 16.3 Å². The number of rotatable bonds is 10. The standard InChI is InChI=1S/C26H27N5O3.ClH/c27-24(33)23(6-3-13-28-26-29-14-15-30-26)31(17-18-7-11-22(32)12-8-18)25(34)21-10-9-19-4-1-2-5-20(19)16-21;/h1-2,4-5,7-12,14-16,23,32H,3,6,13,17H2,(H2,27,33)(H2,28,29,30);1H/t23-;/m1./s1. The molecule has 182 valence electrons. The zero-order valence-corrected chi connectivity index (χ0v) is 19.9. The fraction of sp³-hybridized carbons (Fsp3) is 0.192. The van der Waals surface area contributed by atoms with Gasteiger partial charge in [0.1, 0.15) is 11.8 Å². The van der Waals surface area contributed by atoms with E-state index in [9.17, 15) is 14.7 Å². The summed E-state index contributed by atoms with van der Waals surface area (Å²) in [5.74, 6) is -0.0667. The van der Waals surface area contributed by atoms with E-state index in [4.69, 9.17) is 5.73 Å². The molecule has 0 radical (unpaired) electrons. The van der Waals surface area contributed by atoms with Crippen LogP contribution in [0.5, 0.6) is 5.75 Å². The van der Waals surface area contributed by atoms with Gasteiger partial charge in [0.25, 0.3) is 5.91 Å². The highest BCUT2D eigenvalue weighted by atomic mass is 35.5. The molecule has 1 aromatic heterocycles. The van der Waals surface area contributed by atoms with Crippen molar-refractivity contribution in [3.63, 3.8) is 0 Å². The summed E-state index contributed by atoms with van der Waals surface area (Å²) in [5, 5.41) is 14.7. The third-order valence-corrected chi connectivity index (χ3v) is 5.70. The van der Waals surface area contributed by atoms with Gasteiger partial charge in [0.15, 0.2) is 5.95 Å². The zero-order valence-electron chi connectivity index (χ0n) is 19.1. The first-order chi connectivity index (χ1) is 16.5. The lowest BCUT2D eigenvalue weighted by Crippen LogP contribution is -2.47. The number of nitrogens with one attached hydrogen (secondary N) is 2. The van der Waals surface area contributed by atoms with Crippen LogP contribution in [-0.4, -0.2) is 44.4 Å². The number of nitrogens with two attached hydrogens (primary N) is 1. The first-order valence-electron chi connectivity index (χ1n) is 11.1. The molecule has 0 spiro atoms. The van der Waals surface area contributed by atoms with Crippen LogP contribution in [0.25, 0.3) is 10.8 Å². The van der Waals surface area contributed by atoms with E-state index in [1.807, 2.05) is 36.4 Å². The highest BCUT2D eigenvalue weighted by Gasteiger charge is 2.29. The van der Waals surface area contributed by atoms with Crippen LogP contribution in [0.15, 0.2) is 79.1 Å². The quantitative estimate of drug-likeness (QED) is 0.248. The highest BCUT2D eigenvalue weighted by Crippen LogP contribution is 2.21. The van der Waals surface area contributed by atoms with Crippen LogP contribution >= 0.6 is 12.4 Å². The fourth-order valence-electron chi connectivity index (χ4n) is 3.93. The summed E-state index contributed by atoms with van der Waals surface area (Å²) in [7, 11) is 0. The van der Waals surface area contributed by atoms with Crippen LogP contribution in [0.4, 0.5) is 5.95 Å². The molecule has 0 fully saturated rings. The number of imidazole rings is 1. The molecule has 9 heteroatoms. The van der Waals surface area contributed by atoms with E-state index >= 15 is 0 Å². The number of nitrogens with zero attached hydrogens (tertiary/aromatic N) is 2. The number of carbonyl (C=O) groups excluding carboxylic acids is 2. The summed E-state index contributed by atoms with van der Waals surface area (Å²) in [6, 6.07) is 19.1. The van der Waals surface area contributed by atoms with Crippen molar-refractivity contribution in [2.45, 2.75) is 25.4 Å². The van der Waals surface area contributed by atoms with Gasteiger partial charge in [-0.05, 0) is 53.4 Å². The number of carbonyl (C=O) groups is 2. The molecule has 3 aromatic carbocycles. The fourth-order valence-corrected chi connectivity index (χ4v) is 3.93. The molecular formula is C26H28ClN5O3. The molecule has 0 saturated heterocycles. The summed E-state index contributed by atoms with van der Waals surface area (Å²) >= 11 is 0. The molecule has 0 aliphatic carbocycles. The molecule has 2 amide bonds. The molecule has 0 aliphatic heterocycles. The average Bonchev–Trinajstić information content (AvgIpc) is 3.37. The maximum absolute atomic E-state index is 13.7. The molecule has 0 saturated carbocycles. The molecule has 4 aromatic rings. The van der Waals surface area contributed by atoms with E-state index in [-0.39, 0.29) is 30.6 Å². The molecule has 5 N–H and O–H groups in total. The number of aromatic nitrogens is 2. The van der Waals surface area contributed by atoms with Gasteiger partial charge in [0.05, 0.1) is 0 Å². The van der Waals surface area contributed by atoms with Crippen molar-refractivity contribution in [1.29, 1.82) is 0 Å². The number of H-pyrrole nitrogens is 1. The Balaban J connectivity index is 0.00000342. The number of primary amides is 1. The van der Waals surface area contributed by atoms with Crippen molar-refractivity contribution < 1.29 is 14.7 Å². The third kappa shape index (κ3) is 6.51. The van der Waals surface area contributed by atoms with E-state index in [1.165, 1.54) is 4.90 Å². The number of phenols is 1. The second-order valence-corrected chi connectivity index (χ2v) is 8.09. The van der Waals surface area contributed by atoms with Gasteiger partial charge >= 0.3 is 0 Å². The Morgan fingerprint density at radius 1 is 1.06 bits per heavy atom. The van der Waals surface area contributed by atoms with Crippen molar-refractivity contribution in [3.8, 4) is 5.75 Å². The Kier molecular flexibility index (Phi) is 8.69. The van der Waals surface area contributed by atoms with Gasteiger partial charge in [-0.25, -0.2) is 4.98 Å². The summed E-state index contributed by atoms with van der Waals surface area (Å²) in [6.45, 7) is 0.750. The number of fused-ring (bicyclic) bond motifs is 1. The molecule has 1 atom stereocenters. The first-order valence-corrected chi connectivity index (χ1v) is 11.1. The Bertz CT molecular complexity index is 1260. The molecule has 0 bridgehead atoms. The van der Waals surface area contributed by atoms with Gasteiger partial charge in [0, 0.05) is 31.0 Å². The van der Waals surface area contributed by atoms with Crippen LogP contribution in [0.2, 0.25) is 0 Å². The Morgan fingerprint density at radius 3 is 2.49 bits per heavy atom. The van der Waals surface area contributed by atoms with E-state index in [0.29, 0.717) is 30.9 Å². The lowest BCUT2D eigenvalue weighted by molar-refractivity contribution is -0.122. The van der Waals surface area contributed by atoms with Crippen LogP contribution in [0, 0.1) is 0 Å². The largest absolute Gasteiger partial charge is 0.508 e. The second-order valence-electron chi connectivity index (χ2n) is 8.09. The lowest BCUT2D eigenvalue weighted by Gasteiger charge is -2.30. The Labute approximate surface area is 209 Å². The second kappa shape index (κ2) is 11.9. The number of aromatic amines is 1. The molecule has 0 unspecified atom stereocenters. The number of phenolic OH excluding ortho intramolecular Hbond substituents is 1. The maximum atomic E-state index is 13.7. The van der Waals surface area contributed by atoms with Crippen LogP contribution in [0.1, 0.15) is 28.8 Å². The van der Waals surface area contributed by atoms with Crippen molar-refractivity contribution in [1.82, 2.24) is 14.9 Å². The predicted molar refractivity (Wildman–Crippen MR) is 138 cm³/mol. The lowest BCUT2D eigenvalue weighted by atomic mass is 10.0. The van der Waals surface area contributed by atoms with Crippen molar-refractivity contribution >= 4 is 40.9 Å². The van der Waals surface area contributed by atoms with E-state index in [2.05, 4.69) is 15.3 Å². The van der Waals surface area contributed by atoms with E-state index < -0.39 is 11.9 Å². The van der Waals surface area contributed by atoms with Crippen LogP contribution < -0.4 is 11.1 Å². The van der Waals surface area contributed by atoms with Gasteiger partial charge in [-0.2, -0.15) is 0 Å². The molecule has 4 rings (SSSR count). The smallest absolute Gasteiger partial charge is 0.254 e. The monoisotopic (exact) mass is 493 g/mol. The minimum absolute atomic E-state index is 0. The van der Waals surface area contributed by atoms with Gasteiger partial charge in [-0.15, -0.1) is 12.4 Å². The number of anilines is 1. The zero-order chi connectivity index (χ0) is 23.9. The molecule has 1 heterocycles. The number of amides is 2. The topological polar surface area (TPSA) is 124 Å². The first kappa shape index (κ1) is 25.6. The number of benzene rings is 3. The van der Waals surface area contributed by atoms with Crippen molar-refractivity contribution in [2.24, 2.45) is 5.73 Å². The molecule has 35 heavy (non-hydrogen) atoms. The predicted octanol–water partition coefficient (Wildman–Crippen LogP) is 4.08. The van der Waals surface area contributed by atoms with Gasteiger partial charge in [-0.3, -0.25) is 9.59 Å². The number of halogens is 1. The number of hydrogen-bond acceptors (Lipinski definition) is 5. The van der Waals surface area contributed by atoms with Crippen molar-refractivity contribution in [2.75, 3.05) is 11.9 Å². The Morgan fingerprint density at radius 2 is 1.80 bits per heavy atom. The third-order valence-electron chi connectivity index (χ3n) is 5.70. The van der Waals surface area contributed by atoms with Crippen molar-refractivity contribution in [3.05, 3.63) is 90.3 Å². The number of hydrogen-bond donors (Lipinski definition) is 4. The number of aromatic hydroxyl groups is 1. The average molecular weight is 494 g/mol. The van der Waals surface area contributed by atoms with Crippen LogP contribution in [-0.2, 0) is 11.3 Å². The SMILES string of the molecule is Cl.NC(=O)[C@@H](CCCNc1ncc[nH]1)N(Cc1ccc(O)cc1)C(=O)c1ccc2ccccc2c1. The molecule has 0 aliphatic rings. The Hall–Kier alpha value is -4.04. The summed E-state index contributed by atoms with van der Waals surface area (Å²) in [4.78, 5) is 34.8. The maximum Gasteiger partial charge on any atom is 0.254 e. The minimum Gasteiger partial charge on any atom is -0.508 e. The summed E-state index contributed by atoms with van der Waals surface area (Å²) in [5.41, 5.74) is 7.05. The normalized spacial score (nSPS) is 11.4.